The van der Waals surface area contributed by atoms with Crippen molar-refractivity contribution in [1.29, 1.82) is 0 Å². The first-order chi connectivity index (χ1) is 9.33. The van der Waals surface area contributed by atoms with E-state index in [1.807, 2.05) is 11.8 Å². The molecular formula is C17H19NS. The van der Waals surface area contributed by atoms with Crippen molar-refractivity contribution in [2.45, 2.75) is 29.9 Å². The van der Waals surface area contributed by atoms with Gasteiger partial charge in [0.2, 0.25) is 0 Å². The average Bonchev–Trinajstić information content (AvgIpc) is 2.64. The van der Waals surface area contributed by atoms with Crippen LogP contribution in [0.1, 0.15) is 17.5 Å². The number of thioether (sulfide) groups is 1. The van der Waals surface area contributed by atoms with Gasteiger partial charge >= 0.3 is 0 Å². The monoisotopic (exact) mass is 269 g/mol. The van der Waals surface area contributed by atoms with Gasteiger partial charge in [0, 0.05) is 22.4 Å². The van der Waals surface area contributed by atoms with Gasteiger partial charge in [-0.1, -0.05) is 36.4 Å². The lowest BCUT2D eigenvalue weighted by atomic mass is 10.1. The summed E-state index contributed by atoms with van der Waals surface area (Å²) in [7, 11) is 0. The summed E-state index contributed by atoms with van der Waals surface area (Å²) in [5.41, 5.74) is 4.15. The summed E-state index contributed by atoms with van der Waals surface area (Å²) in [6.07, 6.45) is 2.41. The minimum atomic E-state index is 0.647. The maximum atomic E-state index is 3.59. The molecule has 2 aromatic rings. The van der Waals surface area contributed by atoms with Crippen LogP contribution in [0.4, 0.5) is 5.69 Å². The Morgan fingerprint density at radius 3 is 2.74 bits per heavy atom. The molecule has 2 aromatic carbocycles. The van der Waals surface area contributed by atoms with Crippen LogP contribution in [0.25, 0.3) is 0 Å². The van der Waals surface area contributed by atoms with E-state index in [0.29, 0.717) is 5.25 Å². The van der Waals surface area contributed by atoms with Gasteiger partial charge in [-0.2, -0.15) is 0 Å². The van der Waals surface area contributed by atoms with Crippen molar-refractivity contribution in [2.75, 3.05) is 11.9 Å². The van der Waals surface area contributed by atoms with Crippen molar-refractivity contribution < 1.29 is 0 Å². The van der Waals surface area contributed by atoms with Crippen molar-refractivity contribution >= 4 is 17.4 Å². The molecule has 0 bridgehead atoms. The highest BCUT2D eigenvalue weighted by atomic mass is 32.2. The zero-order valence-electron chi connectivity index (χ0n) is 11.2. The van der Waals surface area contributed by atoms with E-state index < -0.39 is 0 Å². The smallest absolute Gasteiger partial charge is 0.0373 e. The summed E-state index contributed by atoms with van der Waals surface area (Å²) in [4.78, 5) is 1.42. The zero-order chi connectivity index (χ0) is 13.1. The molecule has 1 atom stereocenters. The van der Waals surface area contributed by atoms with Gasteiger partial charge in [0.1, 0.15) is 0 Å². The molecule has 0 radical (unpaired) electrons. The predicted octanol–water partition coefficient (Wildman–Crippen LogP) is 4.51. The summed E-state index contributed by atoms with van der Waals surface area (Å²) in [6.45, 7) is 3.25. The van der Waals surface area contributed by atoms with Gasteiger partial charge in [-0.05, 0) is 43.0 Å². The van der Waals surface area contributed by atoms with Gasteiger partial charge in [0.15, 0.2) is 0 Å². The molecule has 1 heterocycles. The maximum Gasteiger partial charge on any atom is 0.0373 e. The Kier molecular flexibility index (Phi) is 3.79. The first-order valence-corrected chi connectivity index (χ1v) is 7.75. The molecule has 1 aliphatic heterocycles. The molecule has 1 aliphatic rings. The Morgan fingerprint density at radius 2 is 1.84 bits per heavy atom. The SMILES string of the molecule is Cc1ccccc1SC1CCc2ccccc2NC1. The van der Waals surface area contributed by atoms with E-state index in [4.69, 9.17) is 0 Å². The highest BCUT2D eigenvalue weighted by Crippen LogP contribution is 2.32. The summed E-state index contributed by atoms with van der Waals surface area (Å²) < 4.78 is 0. The van der Waals surface area contributed by atoms with Gasteiger partial charge in [0.05, 0.1) is 0 Å². The molecule has 0 saturated carbocycles. The van der Waals surface area contributed by atoms with Crippen LogP contribution in [-0.2, 0) is 6.42 Å². The highest BCUT2D eigenvalue weighted by Gasteiger charge is 2.16. The number of rotatable bonds is 2. The van der Waals surface area contributed by atoms with E-state index in [0.717, 1.165) is 6.54 Å². The van der Waals surface area contributed by atoms with Crippen molar-refractivity contribution in [3.63, 3.8) is 0 Å². The maximum absolute atomic E-state index is 3.59. The lowest BCUT2D eigenvalue weighted by Crippen LogP contribution is -2.14. The van der Waals surface area contributed by atoms with Gasteiger partial charge in [-0.3, -0.25) is 0 Å². The topological polar surface area (TPSA) is 12.0 Å². The number of fused-ring (bicyclic) bond motifs is 1. The third-order valence-electron chi connectivity index (χ3n) is 3.66. The van der Waals surface area contributed by atoms with Crippen LogP contribution in [0.3, 0.4) is 0 Å². The normalized spacial score (nSPS) is 18.3. The van der Waals surface area contributed by atoms with Crippen molar-refractivity contribution in [1.82, 2.24) is 0 Å². The Labute approximate surface area is 119 Å². The van der Waals surface area contributed by atoms with Gasteiger partial charge in [-0.25, -0.2) is 0 Å². The van der Waals surface area contributed by atoms with Crippen LogP contribution in [-0.4, -0.2) is 11.8 Å². The Hall–Kier alpha value is -1.41. The predicted molar refractivity (Wildman–Crippen MR) is 84.1 cm³/mol. The molecule has 3 rings (SSSR count). The van der Waals surface area contributed by atoms with Crippen molar-refractivity contribution in [2.24, 2.45) is 0 Å². The number of anilines is 1. The number of para-hydroxylation sites is 1. The molecule has 0 spiro atoms. The molecule has 0 aromatic heterocycles. The first-order valence-electron chi connectivity index (χ1n) is 6.87. The van der Waals surface area contributed by atoms with E-state index in [1.54, 1.807) is 0 Å². The lowest BCUT2D eigenvalue weighted by molar-refractivity contribution is 0.803. The van der Waals surface area contributed by atoms with E-state index in [-0.39, 0.29) is 0 Å². The fraction of sp³-hybridized carbons (Fsp3) is 0.294. The molecule has 1 unspecified atom stereocenters. The zero-order valence-corrected chi connectivity index (χ0v) is 12.0. The summed E-state index contributed by atoms with van der Waals surface area (Å²) in [5.74, 6) is 0. The first kappa shape index (κ1) is 12.6. The summed E-state index contributed by atoms with van der Waals surface area (Å²) >= 11 is 2.01. The molecule has 0 amide bonds. The van der Waals surface area contributed by atoms with E-state index >= 15 is 0 Å². The standard InChI is InChI=1S/C17H19NS/c1-13-6-2-5-9-17(13)19-15-11-10-14-7-3-4-8-16(14)18-12-15/h2-9,15,18H,10-12H2,1H3. The van der Waals surface area contributed by atoms with E-state index in [1.165, 1.54) is 34.6 Å². The fourth-order valence-electron chi connectivity index (χ4n) is 2.52. The molecule has 98 valence electrons. The van der Waals surface area contributed by atoms with Gasteiger partial charge in [-0.15, -0.1) is 11.8 Å². The van der Waals surface area contributed by atoms with Crippen LogP contribution in [0.15, 0.2) is 53.4 Å². The van der Waals surface area contributed by atoms with Gasteiger partial charge in [0.25, 0.3) is 0 Å². The largest absolute Gasteiger partial charge is 0.384 e. The third-order valence-corrected chi connectivity index (χ3v) is 5.11. The molecule has 19 heavy (non-hydrogen) atoms. The molecule has 0 saturated heterocycles. The second-order valence-electron chi connectivity index (χ2n) is 5.08. The quantitative estimate of drug-likeness (QED) is 0.860. The van der Waals surface area contributed by atoms with E-state index in [2.05, 4.69) is 60.8 Å². The summed E-state index contributed by atoms with van der Waals surface area (Å²) in [5, 5.41) is 4.24. The Bertz CT molecular complexity index is 538. The second-order valence-corrected chi connectivity index (χ2v) is 6.42. The van der Waals surface area contributed by atoms with Crippen LogP contribution < -0.4 is 5.32 Å². The molecular weight excluding hydrogens is 250 g/mol. The number of hydrogen-bond acceptors (Lipinski definition) is 2. The lowest BCUT2D eigenvalue weighted by Gasteiger charge is -2.15. The highest BCUT2D eigenvalue weighted by molar-refractivity contribution is 8.00. The minimum absolute atomic E-state index is 0.647. The fourth-order valence-corrected chi connectivity index (χ4v) is 3.69. The number of benzene rings is 2. The molecule has 1 nitrogen and oxygen atoms in total. The van der Waals surface area contributed by atoms with Crippen molar-refractivity contribution in [3.8, 4) is 0 Å². The molecule has 0 aliphatic carbocycles. The average molecular weight is 269 g/mol. The van der Waals surface area contributed by atoms with Crippen LogP contribution >= 0.6 is 11.8 Å². The molecule has 2 heteroatoms. The Balaban J connectivity index is 1.71. The molecule has 1 N–H and O–H groups in total. The summed E-state index contributed by atoms with van der Waals surface area (Å²) in [6, 6.07) is 17.4. The van der Waals surface area contributed by atoms with Crippen molar-refractivity contribution in [3.05, 3.63) is 59.7 Å². The molecule has 0 fully saturated rings. The minimum Gasteiger partial charge on any atom is -0.384 e. The third kappa shape index (κ3) is 2.95. The Morgan fingerprint density at radius 1 is 1.05 bits per heavy atom. The van der Waals surface area contributed by atoms with Crippen LogP contribution in [0.5, 0.6) is 0 Å². The van der Waals surface area contributed by atoms with Gasteiger partial charge < -0.3 is 5.32 Å². The van der Waals surface area contributed by atoms with Crippen LogP contribution in [0.2, 0.25) is 0 Å². The van der Waals surface area contributed by atoms with E-state index in [9.17, 15) is 0 Å². The number of nitrogens with one attached hydrogen (secondary N) is 1. The number of aryl methyl sites for hydroxylation is 2. The second kappa shape index (κ2) is 5.70. The number of hydrogen-bond donors (Lipinski definition) is 1. The van der Waals surface area contributed by atoms with Crippen LogP contribution in [0, 0.1) is 6.92 Å².